The zero-order chi connectivity index (χ0) is 15.0. The highest BCUT2D eigenvalue weighted by Crippen LogP contribution is 2.25. The maximum atomic E-state index is 12.3. The Morgan fingerprint density at radius 3 is 2.33 bits per heavy atom. The average Bonchev–Trinajstić information content (AvgIpc) is 2.73. The highest BCUT2D eigenvalue weighted by atomic mass is 16.4. The van der Waals surface area contributed by atoms with Gasteiger partial charge in [0.05, 0.1) is 17.8 Å². The van der Waals surface area contributed by atoms with Gasteiger partial charge in [-0.1, -0.05) is 18.6 Å². The van der Waals surface area contributed by atoms with Crippen molar-refractivity contribution in [1.82, 2.24) is 9.80 Å². The number of carbonyl (C=O) groups is 3. The van der Waals surface area contributed by atoms with Crippen LogP contribution in [-0.2, 0) is 4.79 Å². The molecule has 6 nitrogen and oxygen atoms in total. The van der Waals surface area contributed by atoms with Gasteiger partial charge in [-0.05, 0) is 25.0 Å². The Hall–Kier alpha value is -2.21. The molecule has 1 atom stereocenters. The summed E-state index contributed by atoms with van der Waals surface area (Å²) in [7, 11) is 0. The summed E-state index contributed by atoms with van der Waals surface area (Å²) in [5.41, 5.74) is 0.790. The van der Waals surface area contributed by atoms with Crippen molar-refractivity contribution in [1.29, 1.82) is 0 Å². The molecule has 6 heteroatoms. The Kier molecular flexibility index (Phi) is 3.47. The van der Waals surface area contributed by atoms with Gasteiger partial charge in [0, 0.05) is 6.54 Å². The lowest BCUT2D eigenvalue weighted by Crippen LogP contribution is -2.51. The first-order valence-corrected chi connectivity index (χ1v) is 7.01. The normalized spacial score (nSPS) is 22.5. The van der Waals surface area contributed by atoms with Crippen molar-refractivity contribution in [2.24, 2.45) is 0 Å². The Labute approximate surface area is 122 Å². The molecule has 0 saturated carbocycles. The van der Waals surface area contributed by atoms with Gasteiger partial charge >= 0.3 is 5.97 Å². The molecule has 1 aromatic rings. The maximum absolute atomic E-state index is 12.3. The number of imide groups is 1. The third-order valence-corrected chi connectivity index (χ3v) is 4.10. The van der Waals surface area contributed by atoms with Crippen LogP contribution in [0.3, 0.4) is 0 Å². The van der Waals surface area contributed by atoms with Gasteiger partial charge in [-0.25, -0.2) is 0 Å². The van der Waals surface area contributed by atoms with Crippen LogP contribution in [0.2, 0.25) is 0 Å². The summed E-state index contributed by atoms with van der Waals surface area (Å²) >= 11 is 0. The van der Waals surface area contributed by atoms with Crippen LogP contribution < -0.4 is 0 Å². The quantitative estimate of drug-likeness (QED) is 0.845. The summed E-state index contributed by atoms with van der Waals surface area (Å²) in [6, 6.07) is 6.06. The fourth-order valence-corrected chi connectivity index (χ4v) is 2.99. The summed E-state index contributed by atoms with van der Waals surface area (Å²) in [6.07, 6.45) is 2.29. The predicted octanol–water partition coefficient (Wildman–Crippen LogP) is 1.18. The molecule has 110 valence electrons. The van der Waals surface area contributed by atoms with E-state index in [9.17, 15) is 19.5 Å². The Morgan fingerprint density at radius 1 is 1.14 bits per heavy atom. The van der Waals surface area contributed by atoms with Crippen LogP contribution in [0.1, 0.15) is 40.0 Å². The van der Waals surface area contributed by atoms with Gasteiger partial charge in [0.2, 0.25) is 0 Å². The number of amides is 2. The fraction of sp³-hybridized carbons (Fsp3) is 0.400. The molecule has 1 fully saturated rings. The molecule has 2 amide bonds. The van der Waals surface area contributed by atoms with Crippen LogP contribution in [0.15, 0.2) is 24.3 Å². The molecule has 0 spiro atoms. The lowest BCUT2D eigenvalue weighted by Gasteiger charge is -2.34. The second-order valence-corrected chi connectivity index (χ2v) is 5.39. The summed E-state index contributed by atoms with van der Waals surface area (Å²) in [6.45, 7) is 0.633. The smallest absolute Gasteiger partial charge is 0.320 e. The number of carbonyl (C=O) groups excluding carboxylic acids is 2. The molecule has 2 aliphatic rings. The van der Waals surface area contributed by atoms with Crippen molar-refractivity contribution >= 4 is 17.8 Å². The van der Waals surface area contributed by atoms with E-state index < -0.39 is 12.0 Å². The highest BCUT2D eigenvalue weighted by Gasteiger charge is 2.38. The molecule has 1 aromatic carbocycles. The van der Waals surface area contributed by atoms with Crippen LogP contribution in [-0.4, -0.2) is 51.9 Å². The molecule has 0 bridgehead atoms. The summed E-state index contributed by atoms with van der Waals surface area (Å²) in [5, 5.41) is 9.26. The van der Waals surface area contributed by atoms with E-state index in [1.165, 1.54) is 0 Å². The van der Waals surface area contributed by atoms with Crippen molar-refractivity contribution in [3.05, 3.63) is 35.4 Å². The molecule has 0 aliphatic carbocycles. The number of likely N-dealkylation sites (tertiary alicyclic amines) is 1. The van der Waals surface area contributed by atoms with E-state index in [0.717, 1.165) is 17.7 Å². The van der Waals surface area contributed by atoms with Crippen LogP contribution in [0.5, 0.6) is 0 Å². The summed E-state index contributed by atoms with van der Waals surface area (Å²) in [5.74, 6) is -1.58. The SMILES string of the molecule is O=C(O)C1CCCCN1CN1C(=O)c2ccccc2C1=O. The molecule has 2 heterocycles. The topological polar surface area (TPSA) is 77.9 Å². The number of aliphatic carboxylic acids is 1. The van der Waals surface area contributed by atoms with Gasteiger partial charge in [0.1, 0.15) is 6.04 Å². The largest absolute Gasteiger partial charge is 0.480 e. The van der Waals surface area contributed by atoms with E-state index in [2.05, 4.69) is 0 Å². The van der Waals surface area contributed by atoms with Crippen LogP contribution in [0.25, 0.3) is 0 Å². The first-order chi connectivity index (χ1) is 10.1. The summed E-state index contributed by atoms with van der Waals surface area (Å²) in [4.78, 5) is 38.7. The molecule has 0 radical (unpaired) electrons. The first kappa shape index (κ1) is 13.8. The van der Waals surface area contributed by atoms with Crippen LogP contribution in [0, 0.1) is 0 Å². The number of carboxylic acids is 1. The van der Waals surface area contributed by atoms with Crippen LogP contribution >= 0.6 is 0 Å². The Morgan fingerprint density at radius 2 is 1.76 bits per heavy atom. The molecular formula is C15H16N2O4. The van der Waals surface area contributed by atoms with E-state index in [0.29, 0.717) is 24.1 Å². The molecule has 1 unspecified atom stereocenters. The Bertz CT molecular complexity index is 578. The number of hydrogen-bond donors (Lipinski definition) is 1. The monoisotopic (exact) mass is 288 g/mol. The van der Waals surface area contributed by atoms with Crippen molar-refractivity contribution in [2.45, 2.75) is 25.3 Å². The minimum Gasteiger partial charge on any atom is -0.480 e. The zero-order valence-electron chi connectivity index (χ0n) is 11.5. The number of rotatable bonds is 3. The average molecular weight is 288 g/mol. The number of piperidine rings is 1. The fourth-order valence-electron chi connectivity index (χ4n) is 2.99. The lowest BCUT2D eigenvalue weighted by atomic mass is 10.0. The highest BCUT2D eigenvalue weighted by molar-refractivity contribution is 6.21. The molecule has 0 aromatic heterocycles. The number of carboxylic acid groups (broad SMARTS) is 1. The first-order valence-electron chi connectivity index (χ1n) is 7.01. The van der Waals surface area contributed by atoms with E-state index >= 15 is 0 Å². The second kappa shape index (κ2) is 5.29. The van der Waals surface area contributed by atoms with Gasteiger partial charge in [-0.2, -0.15) is 0 Å². The minimum atomic E-state index is -0.897. The van der Waals surface area contributed by atoms with Gasteiger partial charge in [-0.15, -0.1) is 0 Å². The molecule has 3 rings (SSSR count). The Balaban J connectivity index is 1.81. The van der Waals surface area contributed by atoms with E-state index in [1.807, 2.05) is 0 Å². The van der Waals surface area contributed by atoms with E-state index in [4.69, 9.17) is 0 Å². The van der Waals surface area contributed by atoms with Crippen molar-refractivity contribution in [3.8, 4) is 0 Å². The standard InChI is InChI=1S/C15H16N2O4/c18-13-10-5-1-2-6-11(10)14(19)17(13)9-16-8-4-3-7-12(16)15(20)21/h1-2,5-6,12H,3-4,7-9H2,(H,20,21). The zero-order valence-corrected chi connectivity index (χ0v) is 11.5. The third-order valence-electron chi connectivity index (χ3n) is 4.10. The third kappa shape index (κ3) is 2.31. The van der Waals surface area contributed by atoms with Crippen molar-refractivity contribution in [2.75, 3.05) is 13.2 Å². The molecule has 1 saturated heterocycles. The van der Waals surface area contributed by atoms with Crippen molar-refractivity contribution in [3.63, 3.8) is 0 Å². The molecular weight excluding hydrogens is 272 g/mol. The number of hydrogen-bond acceptors (Lipinski definition) is 4. The second-order valence-electron chi connectivity index (χ2n) is 5.39. The van der Waals surface area contributed by atoms with Crippen LogP contribution in [0.4, 0.5) is 0 Å². The molecule has 1 N–H and O–H groups in total. The molecule has 21 heavy (non-hydrogen) atoms. The van der Waals surface area contributed by atoms with Crippen molar-refractivity contribution < 1.29 is 19.5 Å². The minimum absolute atomic E-state index is 0.0450. The summed E-state index contributed by atoms with van der Waals surface area (Å²) < 4.78 is 0. The maximum Gasteiger partial charge on any atom is 0.320 e. The van der Waals surface area contributed by atoms with E-state index in [-0.39, 0.29) is 18.5 Å². The number of fused-ring (bicyclic) bond motifs is 1. The number of nitrogens with zero attached hydrogens (tertiary/aromatic N) is 2. The number of benzene rings is 1. The molecule has 2 aliphatic heterocycles. The van der Waals surface area contributed by atoms with Gasteiger partial charge in [0.15, 0.2) is 0 Å². The lowest BCUT2D eigenvalue weighted by molar-refractivity contribution is -0.145. The van der Waals surface area contributed by atoms with Gasteiger partial charge in [-0.3, -0.25) is 24.2 Å². The van der Waals surface area contributed by atoms with Gasteiger partial charge in [0.25, 0.3) is 11.8 Å². The van der Waals surface area contributed by atoms with E-state index in [1.54, 1.807) is 29.2 Å². The van der Waals surface area contributed by atoms with Gasteiger partial charge < -0.3 is 5.11 Å². The predicted molar refractivity (Wildman–Crippen MR) is 73.8 cm³/mol.